The van der Waals surface area contributed by atoms with Gasteiger partial charge >= 0.3 is 0 Å². The van der Waals surface area contributed by atoms with Crippen LogP contribution >= 0.6 is 11.6 Å². The number of methoxy groups -OCH3 is 2. The number of piperazine rings is 1. The van der Waals surface area contributed by atoms with Crippen molar-refractivity contribution in [2.24, 2.45) is 0 Å². The van der Waals surface area contributed by atoms with E-state index in [1.807, 2.05) is 43.3 Å². The van der Waals surface area contributed by atoms with E-state index in [-0.39, 0.29) is 11.9 Å². The van der Waals surface area contributed by atoms with Crippen molar-refractivity contribution < 1.29 is 14.3 Å². The largest absolute Gasteiger partial charge is 0.493 e. The second kappa shape index (κ2) is 11.4. The summed E-state index contributed by atoms with van der Waals surface area (Å²) in [6.07, 6.45) is 0.742. The first-order valence-corrected chi connectivity index (χ1v) is 11.1. The molecule has 0 bridgehead atoms. The summed E-state index contributed by atoms with van der Waals surface area (Å²) in [6, 6.07) is 13.7. The van der Waals surface area contributed by atoms with Crippen LogP contribution in [0.3, 0.4) is 0 Å². The Kier molecular flexibility index (Phi) is 8.58. The molecule has 1 fully saturated rings. The third-order valence-corrected chi connectivity index (χ3v) is 6.03. The Balaban J connectivity index is 1.41. The zero-order chi connectivity index (χ0) is 22.2. The summed E-state index contributed by atoms with van der Waals surface area (Å²) in [4.78, 5) is 17.3. The minimum Gasteiger partial charge on any atom is -0.493 e. The van der Waals surface area contributed by atoms with E-state index in [1.54, 1.807) is 14.2 Å². The molecule has 0 spiro atoms. The first-order valence-electron chi connectivity index (χ1n) is 10.7. The van der Waals surface area contributed by atoms with Crippen molar-refractivity contribution in [2.75, 3.05) is 46.9 Å². The molecule has 31 heavy (non-hydrogen) atoms. The molecule has 0 radical (unpaired) electrons. The topological polar surface area (TPSA) is 54.0 Å². The smallest absolute Gasteiger partial charge is 0.237 e. The van der Waals surface area contributed by atoms with Gasteiger partial charge in [-0.2, -0.15) is 0 Å². The van der Waals surface area contributed by atoms with Crippen LogP contribution in [0.1, 0.15) is 18.1 Å². The summed E-state index contributed by atoms with van der Waals surface area (Å²) in [7, 11) is 3.25. The maximum atomic E-state index is 12.6. The van der Waals surface area contributed by atoms with Crippen molar-refractivity contribution >= 4 is 17.5 Å². The van der Waals surface area contributed by atoms with Gasteiger partial charge in [0.05, 0.1) is 20.3 Å². The molecule has 1 atom stereocenters. The summed E-state index contributed by atoms with van der Waals surface area (Å²) in [5, 5.41) is 3.84. The lowest BCUT2D eigenvalue weighted by Gasteiger charge is -2.37. The van der Waals surface area contributed by atoms with Crippen molar-refractivity contribution in [3.63, 3.8) is 0 Å². The molecule has 1 aliphatic heterocycles. The van der Waals surface area contributed by atoms with E-state index in [4.69, 9.17) is 21.1 Å². The van der Waals surface area contributed by atoms with Gasteiger partial charge in [-0.05, 0) is 48.7 Å². The second-order valence-corrected chi connectivity index (χ2v) is 8.28. The average molecular weight is 446 g/mol. The lowest BCUT2D eigenvalue weighted by Crippen LogP contribution is -2.53. The maximum absolute atomic E-state index is 12.6. The van der Waals surface area contributed by atoms with Gasteiger partial charge in [0.1, 0.15) is 0 Å². The van der Waals surface area contributed by atoms with Gasteiger partial charge in [0.2, 0.25) is 5.91 Å². The fourth-order valence-electron chi connectivity index (χ4n) is 3.88. The highest BCUT2D eigenvalue weighted by Crippen LogP contribution is 2.27. The molecule has 1 N–H and O–H groups in total. The monoisotopic (exact) mass is 445 g/mol. The normalized spacial score (nSPS) is 16.0. The molecule has 1 saturated heterocycles. The van der Waals surface area contributed by atoms with E-state index >= 15 is 0 Å². The highest BCUT2D eigenvalue weighted by molar-refractivity contribution is 6.30. The third kappa shape index (κ3) is 6.60. The van der Waals surface area contributed by atoms with Gasteiger partial charge in [0.25, 0.3) is 0 Å². The second-order valence-electron chi connectivity index (χ2n) is 7.85. The lowest BCUT2D eigenvalue weighted by molar-refractivity contribution is -0.126. The van der Waals surface area contributed by atoms with Crippen molar-refractivity contribution in [3.8, 4) is 11.5 Å². The Hall–Kier alpha value is -2.28. The van der Waals surface area contributed by atoms with Crippen molar-refractivity contribution in [1.82, 2.24) is 15.1 Å². The number of nitrogens with zero attached hydrogens (tertiary/aromatic N) is 2. The van der Waals surface area contributed by atoms with E-state index in [0.717, 1.165) is 49.7 Å². The van der Waals surface area contributed by atoms with E-state index in [1.165, 1.54) is 5.56 Å². The molecule has 0 aliphatic carbocycles. The molecule has 0 saturated carbocycles. The molecule has 1 amide bonds. The Morgan fingerprint density at radius 3 is 2.45 bits per heavy atom. The number of amides is 1. The number of nitrogens with one attached hydrogen (secondary N) is 1. The highest BCUT2D eigenvalue weighted by Gasteiger charge is 2.25. The quantitative estimate of drug-likeness (QED) is 0.642. The average Bonchev–Trinajstić information content (AvgIpc) is 2.79. The molecule has 3 rings (SSSR count). The number of carbonyl (C=O) groups excluding carboxylic acids is 1. The number of benzene rings is 2. The van der Waals surface area contributed by atoms with E-state index in [9.17, 15) is 4.79 Å². The van der Waals surface area contributed by atoms with Gasteiger partial charge in [-0.3, -0.25) is 14.6 Å². The van der Waals surface area contributed by atoms with Crippen molar-refractivity contribution in [2.45, 2.75) is 25.9 Å². The molecule has 2 aromatic carbocycles. The summed E-state index contributed by atoms with van der Waals surface area (Å²) in [5.41, 5.74) is 2.32. The Morgan fingerprint density at radius 1 is 1.03 bits per heavy atom. The number of ether oxygens (including phenoxy) is 2. The zero-order valence-electron chi connectivity index (χ0n) is 18.6. The lowest BCUT2D eigenvalue weighted by atomic mass is 10.1. The Morgan fingerprint density at radius 2 is 1.77 bits per heavy atom. The highest BCUT2D eigenvalue weighted by atomic mass is 35.5. The first-order chi connectivity index (χ1) is 15.0. The molecular formula is C24H32ClN3O3. The van der Waals surface area contributed by atoms with Gasteiger partial charge in [-0.1, -0.05) is 29.8 Å². The predicted octanol–water partition coefficient (Wildman–Crippen LogP) is 3.22. The van der Waals surface area contributed by atoms with Crippen LogP contribution in [-0.2, 0) is 17.8 Å². The van der Waals surface area contributed by atoms with Crippen LogP contribution in [0, 0.1) is 0 Å². The van der Waals surface area contributed by atoms with Gasteiger partial charge < -0.3 is 14.8 Å². The third-order valence-electron chi connectivity index (χ3n) is 5.79. The molecule has 7 heteroatoms. The van der Waals surface area contributed by atoms with E-state index < -0.39 is 0 Å². The number of rotatable bonds is 9. The molecule has 6 nitrogen and oxygen atoms in total. The number of hydrogen-bond donors (Lipinski definition) is 1. The minimum absolute atomic E-state index is 0.0729. The molecule has 1 heterocycles. The number of hydrogen-bond acceptors (Lipinski definition) is 5. The summed E-state index contributed by atoms with van der Waals surface area (Å²) in [6.45, 7) is 7.10. The maximum Gasteiger partial charge on any atom is 0.237 e. The SMILES string of the molecule is COc1ccc(CCNC(=O)C(C)N2CCN(Cc3cccc(Cl)c3)CC2)cc1OC. The fourth-order valence-corrected chi connectivity index (χ4v) is 4.09. The summed E-state index contributed by atoms with van der Waals surface area (Å²) < 4.78 is 10.6. The van der Waals surface area contributed by atoms with Crippen LogP contribution in [0.5, 0.6) is 11.5 Å². The van der Waals surface area contributed by atoms with Crippen LogP contribution in [0.2, 0.25) is 5.02 Å². The molecule has 0 aromatic heterocycles. The summed E-state index contributed by atoms with van der Waals surface area (Å²) in [5.74, 6) is 1.48. The van der Waals surface area contributed by atoms with Crippen LogP contribution in [-0.4, -0.2) is 68.7 Å². The van der Waals surface area contributed by atoms with Gasteiger partial charge in [0.15, 0.2) is 11.5 Å². The van der Waals surface area contributed by atoms with Crippen molar-refractivity contribution in [3.05, 3.63) is 58.6 Å². The fraction of sp³-hybridized carbons (Fsp3) is 0.458. The molecule has 168 valence electrons. The standard InChI is InChI=1S/C24H32ClN3O3/c1-18(24(29)26-10-9-19-7-8-22(30-2)23(16-19)31-3)28-13-11-27(12-14-28)17-20-5-4-6-21(25)15-20/h4-8,15-16,18H,9-14,17H2,1-3H3,(H,26,29). The van der Waals surface area contributed by atoms with Crippen LogP contribution in [0.25, 0.3) is 0 Å². The first kappa shape index (κ1) is 23.4. The number of halogens is 1. The van der Waals surface area contributed by atoms with Crippen LogP contribution in [0.15, 0.2) is 42.5 Å². The number of carbonyl (C=O) groups is 1. The Labute approximate surface area is 190 Å². The molecule has 2 aromatic rings. The minimum atomic E-state index is -0.140. The Bertz CT molecular complexity index is 869. The van der Waals surface area contributed by atoms with Gasteiger partial charge in [-0.15, -0.1) is 0 Å². The predicted molar refractivity (Wildman–Crippen MR) is 124 cm³/mol. The molecule has 1 aliphatic rings. The van der Waals surface area contributed by atoms with Gasteiger partial charge in [-0.25, -0.2) is 0 Å². The van der Waals surface area contributed by atoms with Crippen LogP contribution in [0.4, 0.5) is 0 Å². The van der Waals surface area contributed by atoms with Crippen LogP contribution < -0.4 is 14.8 Å². The molecule has 1 unspecified atom stereocenters. The van der Waals surface area contributed by atoms with E-state index in [0.29, 0.717) is 18.0 Å². The van der Waals surface area contributed by atoms with Crippen molar-refractivity contribution in [1.29, 1.82) is 0 Å². The van der Waals surface area contributed by atoms with E-state index in [2.05, 4.69) is 21.2 Å². The zero-order valence-corrected chi connectivity index (χ0v) is 19.3. The molecular weight excluding hydrogens is 414 g/mol. The summed E-state index contributed by atoms with van der Waals surface area (Å²) >= 11 is 6.09. The van der Waals surface area contributed by atoms with Gasteiger partial charge in [0, 0.05) is 44.3 Å².